The minimum atomic E-state index is -0.0422. The van der Waals surface area contributed by atoms with Gasteiger partial charge in [-0.15, -0.1) is 0 Å². The van der Waals surface area contributed by atoms with Gasteiger partial charge in [-0.05, 0) is 44.0 Å². The van der Waals surface area contributed by atoms with Gasteiger partial charge in [-0.3, -0.25) is 4.79 Å². The first-order chi connectivity index (χ1) is 17.6. The largest absolute Gasteiger partial charge is 0.496 e. The molecule has 184 valence electrons. The molecular weight excluding hydrogens is 454 g/mol. The van der Waals surface area contributed by atoms with Crippen molar-refractivity contribution >= 4 is 11.7 Å². The molecule has 0 radical (unpaired) electrons. The number of benzene rings is 2. The number of para-hydroxylation sites is 1. The number of methoxy groups -OCH3 is 1. The normalized spacial score (nSPS) is 14.0. The van der Waals surface area contributed by atoms with Gasteiger partial charge in [0.2, 0.25) is 11.7 Å². The Morgan fingerprint density at radius 1 is 1.11 bits per heavy atom. The van der Waals surface area contributed by atoms with E-state index in [1.807, 2.05) is 67.6 Å². The quantitative estimate of drug-likeness (QED) is 0.409. The molecule has 4 aromatic rings. The fraction of sp³-hybridized carbons (Fsp3) is 0.286. The van der Waals surface area contributed by atoms with Gasteiger partial charge in [0.15, 0.2) is 0 Å². The summed E-state index contributed by atoms with van der Waals surface area (Å²) in [4.78, 5) is 24.3. The van der Waals surface area contributed by atoms with Gasteiger partial charge in [0.1, 0.15) is 11.6 Å². The van der Waals surface area contributed by atoms with Gasteiger partial charge >= 0.3 is 0 Å². The highest BCUT2D eigenvalue weighted by Crippen LogP contribution is 2.32. The molecule has 0 saturated carbocycles. The predicted molar refractivity (Wildman–Crippen MR) is 137 cm³/mol. The summed E-state index contributed by atoms with van der Waals surface area (Å²) in [5, 5.41) is 7.26. The van der Waals surface area contributed by atoms with E-state index in [9.17, 15) is 4.79 Å². The van der Waals surface area contributed by atoms with Gasteiger partial charge in [-0.2, -0.15) is 4.98 Å². The van der Waals surface area contributed by atoms with E-state index in [2.05, 4.69) is 25.3 Å². The lowest BCUT2D eigenvalue weighted by molar-refractivity contribution is -0.125. The maximum absolute atomic E-state index is 12.8. The van der Waals surface area contributed by atoms with E-state index in [1.54, 1.807) is 13.3 Å². The molecule has 0 unspecified atom stereocenters. The van der Waals surface area contributed by atoms with Gasteiger partial charge < -0.3 is 19.5 Å². The van der Waals surface area contributed by atoms with Gasteiger partial charge in [-0.1, -0.05) is 47.1 Å². The average molecular weight is 484 g/mol. The van der Waals surface area contributed by atoms with Crippen LogP contribution in [0.5, 0.6) is 5.75 Å². The summed E-state index contributed by atoms with van der Waals surface area (Å²) in [5.41, 5.74) is 3.81. The van der Waals surface area contributed by atoms with Crippen LogP contribution in [0.4, 0.5) is 5.82 Å². The van der Waals surface area contributed by atoms with Crippen molar-refractivity contribution in [3.8, 4) is 28.6 Å². The van der Waals surface area contributed by atoms with E-state index >= 15 is 0 Å². The van der Waals surface area contributed by atoms with E-state index in [0.717, 1.165) is 59.8 Å². The highest BCUT2D eigenvalue weighted by atomic mass is 16.5. The number of aromatic nitrogens is 3. The number of nitrogens with zero attached hydrogens (tertiary/aromatic N) is 4. The maximum atomic E-state index is 12.8. The average Bonchev–Trinajstić information content (AvgIpc) is 3.42. The molecule has 1 saturated heterocycles. The standard InChI is InChI=1S/C28H29N5O3/c1-19-7-5-9-21(17-19)25-31-28(36-32-25)23-10-6-14-29-26(23)33-15-12-20(13-16-33)27(34)30-18-22-8-3-4-11-24(22)35-2/h3-11,14,17,20H,12-13,15-16,18H2,1-2H3,(H,30,34). The molecule has 8 heteroatoms. The first-order valence-electron chi connectivity index (χ1n) is 12.1. The van der Waals surface area contributed by atoms with Crippen molar-refractivity contribution in [3.05, 3.63) is 78.0 Å². The number of anilines is 1. The Kier molecular flexibility index (Phi) is 6.93. The zero-order chi connectivity index (χ0) is 24.9. The molecule has 1 N–H and O–H groups in total. The lowest BCUT2D eigenvalue weighted by Crippen LogP contribution is -2.40. The molecule has 2 aromatic heterocycles. The van der Waals surface area contributed by atoms with Crippen LogP contribution in [0, 0.1) is 12.8 Å². The van der Waals surface area contributed by atoms with Gasteiger partial charge in [0, 0.05) is 42.9 Å². The van der Waals surface area contributed by atoms with Crippen molar-refractivity contribution in [2.24, 2.45) is 5.92 Å². The second kappa shape index (κ2) is 10.6. The fourth-order valence-corrected chi connectivity index (χ4v) is 4.58. The monoisotopic (exact) mass is 483 g/mol. The molecule has 0 bridgehead atoms. The van der Waals surface area contributed by atoms with Crippen molar-refractivity contribution in [1.29, 1.82) is 0 Å². The molecule has 1 amide bonds. The van der Waals surface area contributed by atoms with Crippen LogP contribution in [0.15, 0.2) is 71.4 Å². The van der Waals surface area contributed by atoms with Crippen molar-refractivity contribution in [1.82, 2.24) is 20.4 Å². The van der Waals surface area contributed by atoms with E-state index in [0.29, 0.717) is 18.3 Å². The number of carbonyl (C=O) groups excluding carboxylic acids is 1. The van der Waals surface area contributed by atoms with Crippen LogP contribution >= 0.6 is 0 Å². The minimum absolute atomic E-state index is 0.0422. The topological polar surface area (TPSA) is 93.4 Å². The smallest absolute Gasteiger partial charge is 0.261 e. The number of hydrogen-bond acceptors (Lipinski definition) is 7. The van der Waals surface area contributed by atoms with E-state index in [4.69, 9.17) is 9.26 Å². The zero-order valence-electron chi connectivity index (χ0n) is 20.5. The van der Waals surface area contributed by atoms with Crippen LogP contribution in [-0.4, -0.2) is 41.2 Å². The summed E-state index contributed by atoms with van der Waals surface area (Å²) in [6, 6.07) is 19.6. The molecule has 8 nitrogen and oxygen atoms in total. The SMILES string of the molecule is COc1ccccc1CNC(=O)C1CCN(c2ncccc2-c2nc(-c3cccc(C)c3)no2)CC1. The Bertz CT molecular complexity index is 1340. The first kappa shape index (κ1) is 23.5. The van der Waals surface area contributed by atoms with Crippen LogP contribution in [0.3, 0.4) is 0 Å². The third kappa shape index (κ3) is 5.07. The molecule has 1 fully saturated rings. The Morgan fingerprint density at radius 3 is 2.75 bits per heavy atom. The zero-order valence-corrected chi connectivity index (χ0v) is 20.5. The van der Waals surface area contributed by atoms with Crippen molar-refractivity contribution in [2.45, 2.75) is 26.3 Å². The first-order valence-corrected chi connectivity index (χ1v) is 12.1. The Hall–Kier alpha value is -4.20. The van der Waals surface area contributed by atoms with Crippen LogP contribution < -0.4 is 15.0 Å². The van der Waals surface area contributed by atoms with Crippen molar-refractivity contribution in [2.75, 3.05) is 25.1 Å². The number of carbonyl (C=O) groups is 1. The third-order valence-corrected chi connectivity index (χ3v) is 6.53. The molecule has 3 heterocycles. The number of amides is 1. The summed E-state index contributed by atoms with van der Waals surface area (Å²) < 4.78 is 11.0. The Labute approximate surface area is 210 Å². The van der Waals surface area contributed by atoms with E-state index in [-0.39, 0.29) is 11.8 Å². The number of rotatable bonds is 7. The molecule has 1 aliphatic rings. The van der Waals surface area contributed by atoms with Gasteiger partial charge in [-0.25, -0.2) is 4.98 Å². The summed E-state index contributed by atoms with van der Waals surface area (Å²) in [6.07, 6.45) is 3.25. The Balaban J connectivity index is 1.24. The van der Waals surface area contributed by atoms with Crippen LogP contribution in [0.25, 0.3) is 22.8 Å². The molecule has 0 spiro atoms. The number of hydrogen-bond donors (Lipinski definition) is 1. The third-order valence-electron chi connectivity index (χ3n) is 6.53. The highest BCUT2D eigenvalue weighted by molar-refractivity contribution is 5.79. The van der Waals surface area contributed by atoms with Crippen LogP contribution in [0.2, 0.25) is 0 Å². The number of ether oxygens (including phenoxy) is 1. The lowest BCUT2D eigenvalue weighted by atomic mass is 9.95. The molecule has 0 atom stereocenters. The summed E-state index contributed by atoms with van der Waals surface area (Å²) in [7, 11) is 1.64. The highest BCUT2D eigenvalue weighted by Gasteiger charge is 2.28. The fourth-order valence-electron chi connectivity index (χ4n) is 4.58. The molecular formula is C28H29N5O3. The lowest BCUT2D eigenvalue weighted by Gasteiger charge is -2.32. The van der Waals surface area contributed by atoms with Gasteiger partial charge in [0.05, 0.1) is 12.7 Å². The van der Waals surface area contributed by atoms with Crippen molar-refractivity contribution in [3.63, 3.8) is 0 Å². The second-order valence-corrected chi connectivity index (χ2v) is 8.96. The van der Waals surface area contributed by atoms with E-state index in [1.165, 1.54) is 0 Å². The summed E-state index contributed by atoms with van der Waals surface area (Å²) in [6.45, 7) is 3.92. The summed E-state index contributed by atoms with van der Waals surface area (Å²) in [5.74, 6) is 2.59. The van der Waals surface area contributed by atoms with Crippen molar-refractivity contribution < 1.29 is 14.1 Å². The molecule has 1 aliphatic heterocycles. The minimum Gasteiger partial charge on any atom is -0.496 e. The summed E-state index contributed by atoms with van der Waals surface area (Å²) >= 11 is 0. The number of pyridine rings is 1. The number of aryl methyl sites for hydroxylation is 1. The molecule has 2 aromatic carbocycles. The van der Waals surface area contributed by atoms with Crippen LogP contribution in [-0.2, 0) is 11.3 Å². The maximum Gasteiger partial charge on any atom is 0.261 e. The molecule has 5 rings (SSSR count). The molecule has 36 heavy (non-hydrogen) atoms. The number of piperidine rings is 1. The van der Waals surface area contributed by atoms with E-state index < -0.39 is 0 Å². The predicted octanol–water partition coefficient (Wildman–Crippen LogP) is 4.65. The molecule has 0 aliphatic carbocycles. The van der Waals surface area contributed by atoms with Crippen LogP contribution in [0.1, 0.15) is 24.0 Å². The second-order valence-electron chi connectivity index (χ2n) is 8.96. The number of nitrogens with one attached hydrogen (secondary N) is 1. The Morgan fingerprint density at radius 2 is 1.94 bits per heavy atom. The van der Waals surface area contributed by atoms with Gasteiger partial charge in [0.25, 0.3) is 5.89 Å².